The molecule has 0 aliphatic rings. The molecule has 5 nitrogen and oxygen atoms in total. The van der Waals surface area contributed by atoms with Crippen LogP contribution in [0.15, 0.2) is 54.6 Å². The highest BCUT2D eigenvalue weighted by molar-refractivity contribution is 5.90. The molecule has 0 atom stereocenters. The molecule has 0 aliphatic heterocycles. The van der Waals surface area contributed by atoms with E-state index < -0.39 is 0 Å². The van der Waals surface area contributed by atoms with Gasteiger partial charge in [0.1, 0.15) is 5.82 Å². The lowest BCUT2D eigenvalue weighted by atomic mass is 10.2. The molecule has 114 valence electrons. The van der Waals surface area contributed by atoms with Crippen molar-refractivity contribution in [2.24, 2.45) is 0 Å². The van der Waals surface area contributed by atoms with Gasteiger partial charge in [-0.3, -0.25) is 0 Å². The van der Waals surface area contributed by atoms with Gasteiger partial charge in [-0.15, -0.1) is 12.4 Å². The third-order valence-corrected chi connectivity index (χ3v) is 3.04. The Balaban J connectivity index is 0.00000176. The molecular formula is C16H17ClN4O. The van der Waals surface area contributed by atoms with Gasteiger partial charge >= 0.3 is 0 Å². The van der Waals surface area contributed by atoms with Crippen molar-refractivity contribution in [1.82, 2.24) is 9.97 Å². The second-order valence-corrected chi connectivity index (χ2v) is 4.55. The molecule has 0 aliphatic carbocycles. The maximum Gasteiger partial charge on any atom is 0.229 e. The summed E-state index contributed by atoms with van der Waals surface area (Å²) in [7, 11) is 0. The largest absolute Gasteiger partial charge is 0.395 e. The Morgan fingerprint density at radius 2 is 1.64 bits per heavy atom. The molecule has 0 bridgehead atoms. The van der Waals surface area contributed by atoms with E-state index in [4.69, 9.17) is 5.11 Å². The van der Waals surface area contributed by atoms with Crippen LogP contribution in [0.25, 0.3) is 10.9 Å². The summed E-state index contributed by atoms with van der Waals surface area (Å²) in [5, 5.41) is 16.2. The van der Waals surface area contributed by atoms with Crippen LogP contribution in [0, 0.1) is 0 Å². The number of hydrogen-bond acceptors (Lipinski definition) is 5. The summed E-state index contributed by atoms with van der Waals surface area (Å²) in [5.41, 5.74) is 1.78. The molecule has 0 saturated heterocycles. The van der Waals surface area contributed by atoms with Crippen LogP contribution in [0.4, 0.5) is 17.5 Å². The fraction of sp³-hybridized carbons (Fsp3) is 0.125. The molecule has 3 aromatic rings. The van der Waals surface area contributed by atoms with E-state index in [0.29, 0.717) is 18.3 Å². The fourth-order valence-corrected chi connectivity index (χ4v) is 2.09. The highest BCUT2D eigenvalue weighted by Crippen LogP contribution is 2.23. The van der Waals surface area contributed by atoms with E-state index in [0.717, 1.165) is 16.6 Å². The Hall–Kier alpha value is -2.37. The molecule has 0 fully saturated rings. The van der Waals surface area contributed by atoms with Gasteiger partial charge in [-0.25, -0.2) is 4.98 Å². The smallest absolute Gasteiger partial charge is 0.229 e. The van der Waals surface area contributed by atoms with Crippen LogP contribution in [0.3, 0.4) is 0 Å². The molecule has 0 amide bonds. The number of para-hydroxylation sites is 2. The van der Waals surface area contributed by atoms with Gasteiger partial charge in [0.2, 0.25) is 5.95 Å². The van der Waals surface area contributed by atoms with Crippen LogP contribution in [0.5, 0.6) is 0 Å². The molecule has 0 unspecified atom stereocenters. The second kappa shape index (κ2) is 7.59. The first-order valence-electron chi connectivity index (χ1n) is 6.80. The average Bonchev–Trinajstić information content (AvgIpc) is 2.53. The molecule has 0 spiro atoms. The summed E-state index contributed by atoms with van der Waals surface area (Å²) in [4.78, 5) is 9.00. The van der Waals surface area contributed by atoms with Gasteiger partial charge < -0.3 is 15.7 Å². The van der Waals surface area contributed by atoms with E-state index in [1.807, 2.05) is 54.6 Å². The van der Waals surface area contributed by atoms with Crippen molar-refractivity contribution < 1.29 is 5.11 Å². The summed E-state index contributed by atoms with van der Waals surface area (Å²) >= 11 is 0. The third kappa shape index (κ3) is 3.63. The van der Waals surface area contributed by atoms with Crippen LogP contribution in [-0.4, -0.2) is 28.2 Å². The number of nitrogens with zero attached hydrogens (tertiary/aromatic N) is 2. The van der Waals surface area contributed by atoms with Crippen LogP contribution in [0.1, 0.15) is 0 Å². The predicted octanol–water partition coefficient (Wildman–Crippen LogP) is 3.20. The van der Waals surface area contributed by atoms with Gasteiger partial charge in [0.25, 0.3) is 0 Å². The zero-order valence-electron chi connectivity index (χ0n) is 11.9. The topological polar surface area (TPSA) is 70.1 Å². The van der Waals surface area contributed by atoms with Crippen molar-refractivity contribution >= 4 is 40.8 Å². The second-order valence-electron chi connectivity index (χ2n) is 4.55. The highest BCUT2D eigenvalue weighted by Gasteiger charge is 2.07. The van der Waals surface area contributed by atoms with Crippen molar-refractivity contribution in [2.75, 3.05) is 23.8 Å². The first kappa shape index (κ1) is 16.0. The number of aliphatic hydroxyl groups is 1. The van der Waals surface area contributed by atoms with E-state index in [-0.39, 0.29) is 19.0 Å². The van der Waals surface area contributed by atoms with Gasteiger partial charge in [-0.05, 0) is 24.3 Å². The van der Waals surface area contributed by atoms with Crippen LogP contribution in [-0.2, 0) is 0 Å². The Labute approximate surface area is 134 Å². The lowest BCUT2D eigenvalue weighted by molar-refractivity contribution is 0.311. The van der Waals surface area contributed by atoms with Crippen LogP contribution in [0.2, 0.25) is 0 Å². The number of halogens is 1. The summed E-state index contributed by atoms with van der Waals surface area (Å²) in [5.74, 6) is 1.24. The number of fused-ring (bicyclic) bond motifs is 1. The third-order valence-electron chi connectivity index (χ3n) is 3.04. The zero-order valence-corrected chi connectivity index (χ0v) is 12.7. The Bertz CT molecular complexity index is 737. The molecule has 0 radical (unpaired) electrons. The normalized spacial score (nSPS) is 10.0. The van der Waals surface area contributed by atoms with E-state index in [9.17, 15) is 0 Å². The van der Waals surface area contributed by atoms with E-state index in [1.54, 1.807) is 0 Å². The molecule has 0 saturated carbocycles. The summed E-state index contributed by atoms with van der Waals surface area (Å²) in [6, 6.07) is 17.6. The minimum atomic E-state index is 0. The average molecular weight is 317 g/mol. The summed E-state index contributed by atoms with van der Waals surface area (Å²) < 4.78 is 0. The summed E-state index contributed by atoms with van der Waals surface area (Å²) in [6.45, 7) is 0.506. The van der Waals surface area contributed by atoms with E-state index >= 15 is 0 Å². The van der Waals surface area contributed by atoms with Gasteiger partial charge in [-0.1, -0.05) is 30.3 Å². The number of nitrogens with one attached hydrogen (secondary N) is 2. The Kier molecular flexibility index (Phi) is 5.52. The molecular weight excluding hydrogens is 300 g/mol. The van der Waals surface area contributed by atoms with Crippen LogP contribution >= 0.6 is 12.4 Å². The highest BCUT2D eigenvalue weighted by atomic mass is 35.5. The minimum absolute atomic E-state index is 0. The first-order valence-corrected chi connectivity index (χ1v) is 6.80. The van der Waals surface area contributed by atoms with Gasteiger partial charge in [0.05, 0.1) is 12.1 Å². The number of anilines is 3. The van der Waals surface area contributed by atoms with Crippen molar-refractivity contribution in [2.45, 2.75) is 0 Å². The van der Waals surface area contributed by atoms with Gasteiger partial charge in [0, 0.05) is 17.6 Å². The molecule has 6 heteroatoms. The number of aromatic nitrogens is 2. The van der Waals surface area contributed by atoms with Crippen molar-refractivity contribution in [3.05, 3.63) is 54.6 Å². The number of aliphatic hydroxyl groups excluding tert-OH is 1. The maximum atomic E-state index is 8.98. The number of hydrogen-bond donors (Lipinski definition) is 3. The SMILES string of the molecule is Cl.OCCNc1nc(Nc2ccccc2)nc2ccccc12. The van der Waals surface area contributed by atoms with Crippen molar-refractivity contribution in [3.8, 4) is 0 Å². The lowest BCUT2D eigenvalue weighted by Crippen LogP contribution is -2.09. The first-order chi connectivity index (χ1) is 10.4. The van der Waals surface area contributed by atoms with E-state index in [2.05, 4.69) is 20.6 Å². The quantitative estimate of drug-likeness (QED) is 0.674. The maximum absolute atomic E-state index is 8.98. The molecule has 1 aromatic heterocycles. The van der Waals surface area contributed by atoms with E-state index in [1.165, 1.54) is 0 Å². The Morgan fingerprint density at radius 3 is 2.41 bits per heavy atom. The number of rotatable bonds is 5. The summed E-state index contributed by atoms with van der Waals surface area (Å²) in [6.07, 6.45) is 0. The Morgan fingerprint density at radius 1 is 0.909 bits per heavy atom. The molecule has 3 N–H and O–H groups in total. The predicted molar refractivity (Wildman–Crippen MR) is 92.1 cm³/mol. The van der Waals surface area contributed by atoms with Gasteiger partial charge in [0.15, 0.2) is 0 Å². The van der Waals surface area contributed by atoms with Crippen molar-refractivity contribution in [3.63, 3.8) is 0 Å². The minimum Gasteiger partial charge on any atom is -0.395 e. The zero-order chi connectivity index (χ0) is 14.5. The molecule has 3 rings (SSSR count). The monoisotopic (exact) mass is 316 g/mol. The number of benzene rings is 2. The fourth-order valence-electron chi connectivity index (χ4n) is 2.09. The lowest BCUT2D eigenvalue weighted by Gasteiger charge is -2.11. The molecule has 2 aromatic carbocycles. The molecule has 22 heavy (non-hydrogen) atoms. The molecule has 1 heterocycles. The van der Waals surface area contributed by atoms with Gasteiger partial charge in [-0.2, -0.15) is 4.98 Å². The van der Waals surface area contributed by atoms with Crippen LogP contribution < -0.4 is 10.6 Å². The standard InChI is InChI=1S/C16H16N4O.ClH/c21-11-10-17-15-13-8-4-5-9-14(13)19-16(20-15)18-12-6-2-1-3-7-12;/h1-9,21H,10-11H2,(H2,17,18,19,20);1H. The van der Waals surface area contributed by atoms with Crippen molar-refractivity contribution in [1.29, 1.82) is 0 Å².